The van der Waals surface area contributed by atoms with Crippen molar-refractivity contribution in [1.82, 2.24) is 0 Å². The molecule has 0 aromatic heterocycles. The van der Waals surface area contributed by atoms with E-state index < -0.39 is 6.04 Å². The summed E-state index contributed by atoms with van der Waals surface area (Å²) in [6, 6.07) is -1.29. The van der Waals surface area contributed by atoms with E-state index in [-0.39, 0.29) is 0 Å². The average Bonchev–Trinajstić information content (AvgIpc) is 2.68. The van der Waals surface area contributed by atoms with Crippen LogP contribution in [0.4, 0.5) is 0 Å². The second-order valence-corrected chi connectivity index (χ2v) is 18.5. The van der Waals surface area contributed by atoms with Gasteiger partial charge in [0.05, 0.1) is 0 Å². The van der Waals surface area contributed by atoms with Gasteiger partial charge in [-0.05, 0) is 0 Å². The molecule has 0 nitrogen and oxygen atoms in total. The third-order valence-corrected chi connectivity index (χ3v) is 22.6. The Morgan fingerprint density at radius 1 is 0.542 bits per heavy atom. The zero-order valence-corrected chi connectivity index (χ0v) is 18.3. The van der Waals surface area contributed by atoms with E-state index in [9.17, 15) is 0 Å². The van der Waals surface area contributed by atoms with Gasteiger partial charge >= 0.3 is 155 Å². The fraction of sp³-hybridized carbons (Fsp3) is 0.909. The Labute approximate surface area is 155 Å². The monoisotopic (exact) mass is 395 g/mol. The molecule has 0 heterocycles. The van der Waals surface area contributed by atoms with Crippen molar-refractivity contribution in [2.75, 3.05) is 0 Å². The Morgan fingerprint density at radius 2 is 0.833 bits per heavy atom. The summed E-state index contributed by atoms with van der Waals surface area (Å²) < 4.78 is 0. The van der Waals surface area contributed by atoms with Crippen LogP contribution in [-0.2, 0) is 12.1 Å². The standard InChI is InChI=1S/C18H33P.2C2H4.Ni/c1-4-10-16(11-5-1)19(17-12-6-2-7-13-17)18-14-8-3-9-15-18;2*1-2;/h16-18H,1-15H2;2*1H,2H3;/q;;;-1/p+1. The third kappa shape index (κ3) is 3.83. The van der Waals surface area contributed by atoms with Gasteiger partial charge in [0.15, 0.2) is 0 Å². The molecular formula is C22H42NiP. The minimum absolute atomic E-state index is 0.395. The van der Waals surface area contributed by atoms with Crippen molar-refractivity contribution in [2.24, 2.45) is 0 Å². The van der Waals surface area contributed by atoms with Crippen LogP contribution in [0, 0.1) is 0 Å². The molecule has 0 bridgehead atoms. The molecule has 0 atom stereocenters. The van der Waals surface area contributed by atoms with E-state index in [2.05, 4.69) is 23.8 Å². The van der Waals surface area contributed by atoms with Crippen LogP contribution in [0.15, 0.2) is 0 Å². The first-order valence-corrected chi connectivity index (χ1v) is 15.7. The summed E-state index contributed by atoms with van der Waals surface area (Å²) in [7, 11) is 0. The van der Waals surface area contributed by atoms with Gasteiger partial charge in [-0.3, -0.25) is 0 Å². The van der Waals surface area contributed by atoms with Gasteiger partial charge in [-0.1, -0.05) is 0 Å². The average molecular weight is 396 g/mol. The predicted molar refractivity (Wildman–Crippen MR) is 112 cm³/mol. The van der Waals surface area contributed by atoms with Gasteiger partial charge in [0, 0.05) is 0 Å². The van der Waals surface area contributed by atoms with E-state index in [1.807, 2.05) is 0 Å². The number of hydrogen-bond acceptors (Lipinski definition) is 0. The SMILES string of the molecule is C/[CH]=[Ni](=[CH]\C)/[PH](C1CCCCC1)(C1CCCCC1)C1CCCCC1. The molecule has 24 heavy (non-hydrogen) atoms. The van der Waals surface area contributed by atoms with E-state index >= 15 is 0 Å². The van der Waals surface area contributed by atoms with Crippen LogP contribution in [0.1, 0.15) is 110 Å². The van der Waals surface area contributed by atoms with E-state index in [4.69, 9.17) is 0 Å². The quantitative estimate of drug-likeness (QED) is 0.358. The predicted octanol–water partition coefficient (Wildman–Crippen LogP) is 6.91. The fourth-order valence-corrected chi connectivity index (χ4v) is 23.8. The summed E-state index contributed by atoms with van der Waals surface area (Å²) in [4.78, 5) is 5.42. The minimum atomic E-state index is -1.29. The van der Waals surface area contributed by atoms with Gasteiger partial charge in [0.2, 0.25) is 0 Å². The van der Waals surface area contributed by atoms with Crippen LogP contribution in [-0.4, -0.2) is 27.0 Å². The molecule has 0 spiro atoms. The van der Waals surface area contributed by atoms with Gasteiger partial charge in [0.1, 0.15) is 0 Å². The molecule has 3 rings (SSSR count). The van der Waals surface area contributed by atoms with Crippen molar-refractivity contribution in [3.63, 3.8) is 0 Å². The summed E-state index contributed by atoms with van der Waals surface area (Å²) in [5, 5.41) is 0. The third-order valence-electron chi connectivity index (χ3n) is 7.33. The van der Waals surface area contributed by atoms with Crippen molar-refractivity contribution in [1.29, 1.82) is 0 Å². The summed E-state index contributed by atoms with van der Waals surface area (Å²) in [6.45, 7) is 4.84. The molecule has 0 aliphatic heterocycles. The Balaban J connectivity index is 2.06. The molecule has 0 saturated heterocycles. The maximum atomic E-state index is 2.71. The molecule has 3 saturated carbocycles. The van der Waals surface area contributed by atoms with Crippen LogP contribution in [0.3, 0.4) is 0 Å². The zero-order chi connectivity index (χ0) is 16.8. The van der Waals surface area contributed by atoms with Crippen molar-refractivity contribution >= 4 is 16.0 Å². The van der Waals surface area contributed by atoms with Crippen molar-refractivity contribution in [3.05, 3.63) is 0 Å². The first-order valence-electron chi connectivity index (χ1n) is 11.0. The molecular weight excluding hydrogens is 354 g/mol. The Morgan fingerprint density at radius 3 is 1.08 bits per heavy atom. The Kier molecular flexibility index (Phi) is 7.73. The van der Waals surface area contributed by atoms with E-state index in [1.165, 1.54) is 36.2 Å². The van der Waals surface area contributed by atoms with Crippen molar-refractivity contribution in [2.45, 2.75) is 127 Å². The van der Waals surface area contributed by atoms with E-state index in [0.717, 1.165) is 0 Å². The van der Waals surface area contributed by atoms with Gasteiger partial charge in [0.25, 0.3) is 0 Å². The molecule has 3 fully saturated rings. The Hall–Kier alpha value is 0.664. The molecule has 0 aromatic carbocycles. The molecule has 145 valence electrons. The molecule has 0 radical (unpaired) electrons. The van der Waals surface area contributed by atoms with Crippen molar-refractivity contribution < 1.29 is 12.1 Å². The molecule has 3 aliphatic carbocycles. The van der Waals surface area contributed by atoms with Gasteiger partial charge < -0.3 is 0 Å². The number of rotatable bonds is 4. The summed E-state index contributed by atoms with van der Waals surface area (Å²) in [6.07, 6.45) is 23.5. The van der Waals surface area contributed by atoms with Crippen LogP contribution >= 0.6 is 6.04 Å². The molecule has 0 amide bonds. The first kappa shape index (κ1) is 19.4. The van der Waals surface area contributed by atoms with E-state index in [1.54, 1.807) is 77.0 Å². The molecule has 3 aliphatic rings. The first-order chi connectivity index (χ1) is 11.8. The molecule has 0 unspecified atom stereocenters. The van der Waals surface area contributed by atoms with Crippen LogP contribution in [0.5, 0.6) is 0 Å². The van der Waals surface area contributed by atoms with Gasteiger partial charge in [-0.15, -0.1) is 0 Å². The molecule has 2 heteroatoms. The summed E-state index contributed by atoms with van der Waals surface area (Å²) >= 11 is 0.395. The fourth-order valence-electron chi connectivity index (χ4n) is 6.45. The number of hydrogen-bond donors (Lipinski definition) is 0. The second kappa shape index (κ2) is 9.56. The zero-order valence-electron chi connectivity index (χ0n) is 16.3. The topological polar surface area (TPSA) is 0 Å². The van der Waals surface area contributed by atoms with Gasteiger partial charge in [-0.2, -0.15) is 0 Å². The summed E-state index contributed by atoms with van der Waals surface area (Å²) in [5.74, 6) is 0. The van der Waals surface area contributed by atoms with Crippen LogP contribution in [0.25, 0.3) is 0 Å². The Bertz CT molecular complexity index is 401. The van der Waals surface area contributed by atoms with Crippen molar-refractivity contribution in [3.8, 4) is 0 Å². The normalized spacial score (nSPS) is 29.0. The molecule has 0 aromatic rings. The van der Waals surface area contributed by atoms with E-state index in [0.29, 0.717) is 12.1 Å². The maximum absolute atomic E-state index is 2.71. The van der Waals surface area contributed by atoms with Crippen LogP contribution < -0.4 is 0 Å². The van der Waals surface area contributed by atoms with Crippen LogP contribution in [0.2, 0.25) is 0 Å². The molecule has 0 N–H and O–H groups in total. The second-order valence-electron chi connectivity index (χ2n) is 8.43. The van der Waals surface area contributed by atoms with Gasteiger partial charge in [-0.25, -0.2) is 0 Å². The summed E-state index contributed by atoms with van der Waals surface area (Å²) in [5.41, 5.74) is 3.50.